The average Bonchev–Trinajstić information content (AvgIpc) is 2.54. The van der Waals surface area contributed by atoms with Gasteiger partial charge in [0.05, 0.1) is 23.9 Å². The minimum Gasteiger partial charge on any atom is -0.383 e. The Kier molecular flexibility index (Phi) is 3.24. The van der Waals surface area contributed by atoms with Crippen LogP contribution in [0.15, 0.2) is 30.6 Å². The van der Waals surface area contributed by atoms with Crippen molar-refractivity contribution in [2.45, 2.75) is 13.0 Å². The molecule has 0 unspecified atom stereocenters. The maximum atomic E-state index is 12.5. The summed E-state index contributed by atoms with van der Waals surface area (Å²) in [7, 11) is 0. The number of benzene rings is 1. The number of carbonyl (C=O) groups is 1. The fourth-order valence-corrected chi connectivity index (χ4v) is 2.46. The van der Waals surface area contributed by atoms with Gasteiger partial charge >= 0.3 is 0 Å². The van der Waals surface area contributed by atoms with Crippen molar-refractivity contribution in [3.05, 3.63) is 53.0 Å². The number of aromatic nitrogens is 2. The lowest BCUT2D eigenvalue weighted by Gasteiger charge is -2.28. The van der Waals surface area contributed by atoms with Crippen LogP contribution in [0.5, 0.6) is 0 Å². The van der Waals surface area contributed by atoms with Crippen LogP contribution >= 0.6 is 0 Å². The van der Waals surface area contributed by atoms with Gasteiger partial charge in [0.25, 0.3) is 5.91 Å². The maximum absolute atomic E-state index is 12.5. The van der Waals surface area contributed by atoms with Gasteiger partial charge in [0, 0.05) is 17.7 Å². The molecule has 1 aliphatic heterocycles. The van der Waals surface area contributed by atoms with Crippen molar-refractivity contribution in [1.29, 1.82) is 5.26 Å². The predicted octanol–water partition coefficient (Wildman–Crippen LogP) is 1.13. The zero-order valence-corrected chi connectivity index (χ0v) is 11.3. The van der Waals surface area contributed by atoms with Crippen molar-refractivity contribution in [2.24, 2.45) is 0 Å². The minimum atomic E-state index is -0.102. The fraction of sp³-hybridized carbons (Fsp3) is 0.200. The molecule has 1 aromatic carbocycles. The van der Waals surface area contributed by atoms with Gasteiger partial charge in [-0.15, -0.1) is 0 Å². The SMILES string of the molecule is N#Cc1cccc(C(=O)N2CCc3c(N)ncnc3C2)c1. The number of hydrogen-bond acceptors (Lipinski definition) is 5. The third kappa shape index (κ3) is 2.41. The first-order valence-electron chi connectivity index (χ1n) is 6.56. The Morgan fingerprint density at radius 1 is 1.38 bits per heavy atom. The van der Waals surface area contributed by atoms with Gasteiger partial charge in [-0.2, -0.15) is 5.26 Å². The fourth-order valence-electron chi connectivity index (χ4n) is 2.46. The number of nitrogens with two attached hydrogens (primary N) is 1. The van der Waals surface area contributed by atoms with Crippen molar-refractivity contribution >= 4 is 11.7 Å². The van der Waals surface area contributed by atoms with E-state index in [9.17, 15) is 4.79 Å². The number of anilines is 1. The molecule has 21 heavy (non-hydrogen) atoms. The van der Waals surface area contributed by atoms with Crippen molar-refractivity contribution in [2.75, 3.05) is 12.3 Å². The molecule has 1 amide bonds. The van der Waals surface area contributed by atoms with Crippen LogP contribution in [0.2, 0.25) is 0 Å². The van der Waals surface area contributed by atoms with E-state index < -0.39 is 0 Å². The minimum absolute atomic E-state index is 0.102. The highest BCUT2D eigenvalue weighted by atomic mass is 16.2. The van der Waals surface area contributed by atoms with Crippen LogP contribution in [0.25, 0.3) is 0 Å². The van der Waals surface area contributed by atoms with E-state index in [1.807, 2.05) is 6.07 Å². The van der Waals surface area contributed by atoms with E-state index >= 15 is 0 Å². The Hall–Kier alpha value is -2.94. The van der Waals surface area contributed by atoms with E-state index in [4.69, 9.17) is 11.0 Å². The average molecular weight is 279 g/mol. The summed E-state index contributed by atoms with van der Waals surface area (Å²) in [6, 6.07) is 8.75. The molecule has 1 aromatic heterocycles. The number of nitrogens with zero attached hydrogens (tertiary/aromatic N) is 4. The molecule has 6 heteroatoms. The number of carbonyl (C=O) groups excluding carboxylic acids is 1. The number of hydrogen-bond donors (Lipinski definition) is 1. The molecule has 0 atom stereocenters. The van der Waals surface area contributed by atoms with Crippen LogP contribution in [0, 0.1) is 11.3 Å². The summed E-state index contributed by atoms with van der Waals surface area (Å²) < 4.78 is 0. The zero-order chi connectivity index (χ0) is 14.8. The Morgan fingerprint density at radius 2 is 2.24 bits per heavy atom. The van der Waals surface area contributed by atoms with Crippen LogP contribution in [0.3, 0.4) is 0 Å². The normalized spacial score (nSPS) is 13.4. The van der Waals surface area contributed by atoms with Crippen LogP contribution < -0.4 is 5.73 Å². The highest BCUT2D eigenvalue weighted by Gasteiger charge is 2.24. The quantitative estimate of drug-likeness (QED) is 0.844. The molecule has 0 saturated heterocycles. The molecule has 6 nitrogen and oxygen atoms in total. The van der Waals surface area contributed by atoms with Crippen molar-refractivity contribution in [1.82, 2.24) is 14.9 Å². The highest BCUT2D eigenvalue weighted by Crippen LogP contribution is 2.22. The highest BCUT2D eigenvalue weighted by molar-refractivity contribution is 5.94. The molecule has 0 bridgehead atoms. The number of fused-ring (bicyclic) bond motifs is 1. The van der Waals surface area contributed by atoms with E-state index in [-0.39, 0.29) is 5.91 Å². The van der Waals surface area contributed by atoms with Crippen LogP contribution in [-0.2, 0) is 13.0 Å². The number of rotatable bonds is 1. The molecule has 0 spiro atoms. The van der Waals surface area contributed by atoms with Gasteiger partial charge in [0.2, 0.25) is 0 Å². The first-order chi connectivity index (χ1) is 10.2. The number of nitriles is 1. The molecule has 104 valence electrons. The smallest absolute Gasteiger partial charge is 0.254 e. The summed E-state index contributed by atoms with van der Waals surface area (Å²) in [6.07, 6.45) is 2.06. The van der Waals surface area contributed by atoms with E-state index in [1.54, 1.807) is 29.2 Å². The van der Waals surface area contributed by atoms with Crippen LogP contribution in [0.1, 0.15) is 27.2 Å². The lowest BCUT2D eigenvalue weighted by Crippen LogP contribution is -2.37. The predicted molar refractivity (Wildman–Crippen MR) is 76.0 cm³/mol. The first kappa shape index (κ1) is 13.1. The van der Waals surface area contributed by atoms with Gasteiger partial charge < -0.3 is 10.6 Å². The monoisotopic (exact) mass is 279 g/mol. The van der Waals surface area contributed by atoms with Crippen molar-refractivity contribution in [3.63, 3.8) is 0 Å². The Morgan fingerprint density at radius 3 is 3.05 bits per heavy atom. The third-order valence-electron chi connectivity index (χ3n) is 3.57. The van der Waals surface area contributed by atoms with Crippen molar-refractivity contribution < 1.29 is 4.79 Å². The zero-order valence-electron chi connectivity index (χ0n) is 11.3. The molecule has 2 N–H and O–H groups in total. The standard InChI is InChI=1S/C15H13N5O/c16-7-10-2-1-3-11(6-10)15(21)20-5-4-12-13(8-20)18-9-19-14(12)17/h1-3,6,9H,4-5,8H2,(H2,17,18,19). The molecule has 3 rings (SSSR count). The van der Waals surface area contributed by atoms with Gasteiger partial charge in [0.15, 0.2) is 0 Å². The summed E-state index contributed by atoms with van der Waals surface area (Å²) in [6.45, 7) is 0.984. The van der Waals surface area contributed by atoms with Crippen molar-refractivity contribution in [3.8, 4) is 6.07 Å². The van der Waals surface area contributed by atoms with E-state index in [2.05, 4.69) is 9.97 Å². The second kappa shape index (κ2) is 5.21. The van der Waals surface area contributed by atoms with E-state index in [0.717, 1.165) is 11.3 Å². The van der Waals surface area contributed by atoms with E-state index in [1.165, 1.54) is 6.33 Å². The second-order valence-corrected chi connectivity index (χ2v) is 4.85. The van der Waals surface area contributed by atoms with Gasteiger partial charge in [-0.1, -0.05) is 6.07 Å². The van der Waals surface area contributed by atoms with Gasteiger partial charge in [0.1, 0.15) is 12.1 Å². The van der Waals surface area contributed by atoms with Gasteiger partial charge in [-0.05, 0) is 24.6 Å². The summed E-state index contributed by atoms with van der Waals surface area (Å²) in [5.41, 5.74) is 8.53. The van der Waals surface area contributed by atoms with E-state index in [0.29, 0.717) is 36.5 Å². The molecule has 0 fully saturated rings. The Labute approximate surface area is 121 Å². The molecule has 0 saturated carbocycles. The molecular weight excluding hydrogens is 266 g/mol. The lowest BCUT2D eigenvalue weighted by molar-refractivity contribution is 0.0732. The van der Waals surface area contributed by atoms with Gasteiger partial charge in [-0.25, -0.2) is 9.97 Å². The van der Waals surface area contributed by atoms with Crippen LogP contribution in [0.4, 0.5) is 5.82 Å². The molecule has 0 aliphatic carbocycles. The molecule has 1 aliphatic rings. The summed E-state index contributed by atoms with van der Waals surface area (Å²) >= 11 is 0. The maximum Gasteiger partial charge on any atom is 0.254 e. The number of amides is 1. The topological polar surface area (TPSA) is 95.9 Å². The summed E-state index contributed by atoms with van der Waals surface area (Å²) in [5.74, 6) is 0.383. The Balaban J connectivity index is 1.86. The summed E-state index contributed by atoms with van der Waals surface area (Å²) in [4.78, 5) is 22.4. The largest absolute Gasteiger partial charge is 0.383 e. The first-order valence-corrected chi connectivity index (χ1v) is 6.56. The summed E-state index contributed by atoms with van der Waals surface area (Å²) in [5, 5.41) is 8.91. The second-order valence-electron chi connectivity index (χ2n) is 4.85. The molecular formula is C15H13N5O. The third-order valence-corrected chi connectivity index (χ3v) is 3.57. The molecule has 0 radical (unpaired) electrons. The number of nitrogen functional groups attached to an aromatic ring is 1. The lowest BCUT2D eigenvalue weighted by atomic mass is 10.0. The Bertz CT molecular complexity index is 750. The van der Waals surface area contributed by atoms with Gasteiger partial charge in [-0.3, -0.25) is 4.79 Å². The van der Waals surface area contributed by atoms with Crippen LogP contribution in [-0.4, -0.2) is 27.3 Å². The molecule has 2 aromatic rings. The molecule has 2 heterocycles.